The molecule has 0 amide bonds. The summed E-state index contributed by atoms with van der Waals surface area (Å²) in [7, 11) is 0. The van der Waals surface area contributed by atoms with Crippen LogP contribution in [0.15, 0.2) is 6.07 Å². The molecule has 1 heterocycles. The number of hydrogen-bond donors (Lipinski definition) is 0. The molecule has 0 bridgehead atoms. The predicted molar refractivity (Wildman–Crippen MR) is 53.7 cm³/mol. The molecule has 0 N–H and O–H groups in total. The first-order valence-corrected chi connectivity index (χ1v) is 5.63. The molecule has 0 saturated heterocycles. The molecule has 0 spiro atoms. The van der Waals surface area contributed by atoms with Crippen LogP contribution < -0.4 is 0 Å². The van der Waals surface area contributed by atoms with Crippen LogP contribution in [0.5, 0.6) is 0 Å². The smallest absolute Gasteiger partial charge is 0.129 e. The van der Waals surface area contributed by atoms with Gasteiger partial charge in [0.15, 0.2) is 0 Å². The van der Waals surface area contributed by atoms with Crippen molar-refractivity contribution in [3.05, 3.63) is 23.8 Å². The molecule has 0 unspecified atom stereocenters. The van der Waals surface area contributed by atoms with Gasteiger partial charge in [0.2, 0.25) is 0 Å². The van der Waals surface area contributed by atoms with Crippen molar-refractivity contribution in [3.8, 4) is 0 Å². The van der Waals surface area contributed by atoms with Gasteiger partial charge < -0.3 is 0 Å². The second kappa shape index (κ2) is 3.34. The summed E-state index contributed by atoms with van der Waals surface area (Å²) in [4.78, 5) is 8.80. The number of aromatic nitrogens is 2. The zero-order valence-corrected chi connectivity index (χ0v) is 8.37. The minimum Gasteiger partial charge on any atom is -0.238 e. The number of nitrogens with zero attached hydrogens (tertiary/aromatic N) is 2. The van der Waals surface area contributed by atoms with Gasteiger partial charge in [-0.05, 0) is 50.0 Å². The molecule has 2 aliphatic carbocycles. The van der Waals surface area contributed by atoms with Crippen molar-refractivity contribution >= 4 is 0 Å². The first-order chi connectivity index (χ1) is 6.90. The Morgan fingerprint density at radius 3 is 2.57 bits per heavy atom. The molecule has 2 heteroatoms. The van der Waals surface area contributed by atoms with Gasteiger partial charge in [-0.1, -0.05) is 0 Å². The summed E-state index contributed by atoms with van der Waals surface area (Å²) in [5, 5.41) is 0. The Labute approximate surface area is 84.8 Å². The van der Waals surface area contributed by atoms with Crippen LogP contribution in [0.4, 0.5) is 0 Å². The van der Waals surface area contributed by atoms with Gasteiger partial charge in [0.05, 0.1) is 6.20 Å². The third-order valence-corrected chi connectivity index (χ3v) is 3.06. The van der Waals surface area contributed by atoms with Crippen molar-refractivity contribution in [2.45, 2.75) is 38.5 Å². The molecule has 0 aromatic carbocycles. The van der Waals surface area contributed by atoms with Crippen LogP contribution in [0.3, 0.4) is 0 Å². The van der Waals surface area contributed by atoms with E-state index < -0.39 is 0 Å². The van der Waals surface area contributed by atoms with E-state index in [0.29, 0.717) is 0 Å². The largest absolute Gasteiger partial charge is 0.238 e. The van der Waals surface area contributed by atoms with Crippen molar-refractivity contribution in [3.63, 3.8) is 0 Å². The highest BCUT2D eigenvalue weighted by atomic mass is 14.9. The normalized spacial score (nSPS) is 21.1. The van der Waals surface area contributed by atoms with E-state index in [9.17, 15) is 0 Å². The highest BCUT2D eigenvalue weighted by Crippen LogP contribution is 2.33. The fraction of sp³-hybridized carbons (Fsp3) is 0.667. The maximum Gasteiger partial charge on any atom is 0.129 e. The van der Waals surface area contributed by atoms with Gasteiger partial charge >= 0.3 is 0 Å². The monoisotopic (exact) mass is 187 g/mol. The highest BCUT2D eigenvalue weighted by molar-refractivity contribution is 5.05. The van der Waals surface area contributed by atoms with Crippen LogP contribution in [-0.2, 0) is 12.8 Å². The molecule has 73 valence electrons. The highest BCUT2D eigenvalue weighted by Gasteiger charge is 2.24. The van der Waals surface area contributed by atoms with Gasteiger partial charge in [0.1, 0.15) is 5.82 Å². The summed E-state index contributed by atoms with van der Waals surface area (Å²) in [6, 6.07) is 1.95. The Balaban J connectivity index is 1.68. The molecule has 2 saturated carbocycles. The van der Waals surface area contributed by atoms with Gasteiger partial charge in [0.25, 0.3) is 0 Å². The Bertz CT molecular complexity index is 298. The van der Waals surface area contributed by atoms with E-state index in [1.165, 1.54) is 31.4 Å². The molecular weight excluding hydrogens is 172 g/mol. The molecule has 3 rings (SSSR count). The summed E-state index contributed by atoms with van der Waals surface area (Å²) < 4.78 is 0. The van der Waals surface area contributed by atoms with Crippen molar-refractivity contribution in [1.29, 1.82) is 0 Å². The summed E-state index contributed by atoms with van der Waals surface area (Å²) >= 11 is 0. The fourth-order valence-electron chi connectivity index (χ4n) is 1.80. The van der Waals surface area contributed by atoms with E-state index in [1.54, 1.807) is 0 Å². The van der Waals surface area contributed by atoms with Gasteiger partial charge in [-0.3, -0.25) is 0 Å². The summed E-state index contributed by atoms with van der Waals surface area (Å²) in [5.41, 5.74) is 1.21. The molecule has 14 heavy (non-hydrogen) atoms. The molecule has 2 fully saturated rings. The van der Waals surface area contributed by atoms with E-state index >= 15 is 0 Å². The molecular formula is C12H15N2. The van der Waals surface area contributed by atoms with Crippen molar-refractivity contribution in [2.75, 3.05) is 0 Å². The van der Waals surface area contributed by atoms with E-state index in [-0.39, 0.29) is 0 Å². The maximum atomic E-state index is 4.59. The molecule has 1 aromatic heterocycles. The Kier molecular flexibility index (Phi) is 2.00. The van der Waals surface area contributed by atoms with Crippen LogP contribution >= 0.6 is 0 Å². The molecule has 2 nitrogen and oxygen atoms in total. The second-order valence-electron chi connectivity index (χ2n) is 4.70. The number of hydrogen-bond acceptors (Lipinski definition) is 2. The molecule has 1 aromatic rings. The standard InChI is InChI=1S/C12H15N2/c1-2-9(1)7-11-5-6-13-12(14-11)8-10-3-4-10/h5,9-10H,1-4,7-8H2. The lowest BCUT2D eigenvalue weighted by Gasteiger charge is -2.01. The first kappa shape index (κ1) is 8.39. The molecule has 0 atom stereocenters. The fourth-order valence-corrected chi connectivity index (χ4v) is 1.80. The Morgan fingerprint density at radius 2 is 1.86 bits per heavy atom. The van der Waals surface area contributed by atoms with E-state index in [0.717, 1.165) is 30.5 Å². The molecule has 2 aliphatic rings. The van der Waals surface area contributed by atoms with Gasteiger partial charge in [0, 0.05) is 12.1 Å². The minimum absolute atomic E-state index is 0.875. The third kappa shape index (κ3) is 2.11. The number of rotatable bonds is 4. The minimum atomic E-state index is 0.875. The SMILES string of the molecule is [c]1cc(CC2CC2)nc(CC2CC2)n1. The Hall–Kier alpha value is -0.920. The van der Waals surface area contributed by atoms with Crippen LogP contribution in [0.1, 0.15) is 37.2 Å². The van der Waals surface area contributed by atoms with E-state index in [2.05, 4.69) is 16.2 Å². The average molecular weight is 187 g/mol. The average Bonchev–Trinajstić information content (AvgIpc) is 3.00. The van der Waals surface area contributed by atoms with Gasteiger partial charge in [-0.15, -0.1) is 0 Å². The Morgan fingerprint density at radius 1 is 1.14 bits per heavy atom. The lowest BCUT2D eigenvalue weighted by atomic mass is 10.2. The van der Waals surface area contributed by atoms with E-state index in [4.69, 9.17) is 0 Å². The topological polar surface area (TPSA) is 25.8 Å². The molecule has 0 aliphatic heterocycles. The lowest BCUT2D eigenvalue weighted by molar-refractivity contribution is 0.733. The van der Waals surface area contributed by atoms with Crippen molar-refractivity contribution in [1.82, 2.24) is 9.97 Å². The third-order valence-electron chi connectivity index (χ3n) is 3.06. The van der Waals surface area contributed by atoms with Crippen molar-refractivity contribution in [2.24, 2.45) is 11.8 Å². The maximum absolute atomic E-state index is 4.59. The van der Waals surface area contributed by atoms with Gasteiger partial charge in [-0.2, -0.15) is 0 Å². The second-order valence-corrected chi connectivity index (χ2v) is 4.70. The summed E-state index contributed by atoms with van der Waals surface area (Å²) in [6.45, 7) is 0. The van der Waals surface area contributed by atoms with Crippen LogP contribution in [-0.4, -0.2) is 9.97 Å². The lowest BCUT2D eigenvalue weighted by Crippen LogP contribution is -2.01. The zero-order chi connectivity index (χ0) is 9.38. The zero-order valence-electron chi connectivity index (χ0n) is 8.37. The van der Waals surface area contributed by atoms with Crippen molar-refractivity contribution < 1.29 is 0 Å². The van der Waals surface area contributed by atoms with Gasteiger partial charge in [-0.25, -0.2) is 9.97 Å². The van der Waals surface area contributed by atoms with Crippen LogP contribution in [0.25, 0.3) is 0 Å². The predicted octanol–water partition coefficient (Wildman–Crippen LogP) is 2.18. The first-order valence-electron chi connectivity index (χ1n) is 5.63. The van der Waals surface area contributed by atoms with Crippen LogP contribution in [0, 0.1) is 18.0 Å². The summed E-state index contributed by atoms with van der Waals surface area (Å²) in [6.07, 6.45) is 10.7. The molecule has 1 radical (unpaired) electrons. The summed E-state index contributed by atoms with van der Waals surface area (Å²) in [5.74, 6) is 2.80. The van der Waals surface area contributed by atoms with E-state index in [1.807, 2.05) is 6.07 Å². The quantitative estimate of drug-likeness (QED) is 0.722. The van der Waals surface area contributed by atoms with Crippen LogP contribution in [0.2, 0.25) is 0 Å².